The quantitative estimate of drug-likeness (QED) is 0.719. The molecule has 0 radical (unpaired) electrons. The summed E-state index contributed by atoms with van der Waals surface area (Å²) in [5.41, 5.74) is 1.26. The van der Waals surface area contributed by atoms with E-state index in [9.17, 15) is 0 Å². The van der Waals surface area contributed by atoms with Crippen LogP contribution in [0.3, 0.4) is 0 Å². The Morgan fingerprint density at radius 1 is 1.50 bits per heavy atom. The zero-order valence-corrected chi connectivity index (χ0v) is 12.1. The van der Waals surface area contributed by atoms with E-state index in [4.69, 9.17) is 4.42 Å². The summed E-state index contributed by atoms with van der Waals surface area (Å²) in [6.07, 6.45) is 1.94. The zero-order chi connectivity index (χ0) is 13.5. The molecule has 18 heavy (non-hydrogen) atoms. The van der Waals surface area contributed by atoms with E-state index in [0.717, 1.165) is 37.7 Å². The molecular formula is C15H26N2O. The molecule has 0 saturated heterocycles. The van der Waals surface area contributed by atoms with E-state index in [1.807, 2.05) is 13.0 Å². The number of nitrogens with zero attached hydrogens (tertiary/aromatic N) is 1. The molecule has 0 amide bonds. The lowest BCUT2D eigenvalue weighted by Crippen LogP contribution is -2.30. The van der Waals surface area contributed by atoms with E-state index in [1.54, 1.807) is 0 Å². The fraction of sp³-hybridized carbons (Fsp3) is 0.600. The Balaban J connectivity index is 2.68. The summed E-state index contributed by atoms with van der Waals surface area (Å²) in [5, 5.41) is 3.33. The van der Waals surface area contributed by atoms with Crippen molar-refractivity contribution in [3.8, 4) is 0 Å². The summed E-state index contributed by atoms with van der Waals surface area (Å²) in [6, 6.07) is 2.65. The van der Waals surface area contributed by atoms with Crippen molar-refractivity contribution in [1.29, 1.82) is 0 Å². The van der Waals surface area contributed by atoms with Crippen LogP contribution in [0.25, 0.3) is 0 Å². The van der Waals surface area contributed by atoms with Gasteiger partial charge in [-0.3, -0.25) is 4.90 Å². The first-order valence-corrected chi connectivity index (χ1v) is 6.72. The molecule has 102 valence electrons. The average Bonchev–Trinajstić information content (AvgIpc) is 2.66. The molecule has 0 bridgehead atoms. The molecule has 0 fully saturated rings. The number of furan rings is 1. The van der Waals surface area contributed by atoms with E-state index in [1.165, 1.54) is 5.56 Å². The highest BCUT2D eigenvalue weighted by atomic mass is 16.3. The monoisotopic (exact) mass is 250 g/mol. The van der Waals surface area contributed by atoms with E-state index >= 15 is 0 Å². The highest BCUT2D eigenvalue weighted by Gasteiger charge is 2.13. The van der Waals surface area contributed by atoms with Gasteiger partial charge in [-0.15, -0.1) is 6.58 Å². The maximum Gasteiger partial charge on any atom is 0.118 e. The molecule has 0 aliphatic heterocycles. The van der Waals surface area contributed by atoms with Crippen LogP contribution in [0.4, 0.5) is 0 Å². The van der Waals surface area contributed by atoms with Gasteiger partial charge in [-0.25, -0.2) is 0 Å². The molecule has 3 nitrogen and oxygen atoms in total. The van der Waals surface area contributed by atoms with E-state index in [2.05, 4.69) is 43.6 Å². The molecule has 3 heteroatoms. The lowest BCUT2D eigenvalue weighted by atomic mass is 10.2. The van der Waals surface area contributed by atoms with Crippen molar-refractivity contribution in [3.63, 3.8) is 0 Å². The van der Waals surface area contributed by atoms with Gasteiger partial charge in [0, 0.05) is 24.7 Å². The molecule has 1 aromatic heterocycles. The molecule has 1 N–H and O–H groups in total. The Kier molecular flexibility index (Phi) is 6.16. The summed E-state index contributed by atoms with van der Waals surface area (Å²) < 4.78 is 5.82. The Bertz CT molecular complexity index is 369. The van der Waals surface area contributed by atoms with Gasteiger partial charge >= 0.3 is 0 Å². The standard InChI is InChI=1S/C15H26N2O/c1-6-8-17(12(3)4)11-15-9-14(10-16-7-2)13(5)18-15/h6,9,12,16H,1,7-8,10-11H2,2-5H3. The lowest BCUT2D eigenvalue weighted by molar-refractivity contribution is 0.217. The fourth-order valence-corrected chi connectivity index (χ4v) is 1.92. The second-order valence-corrected chi connectivity index (χ2v) is 4.89. The van der Waals surface area contributed by atoms with Gasteiger partial charge in [0.2, 0.25) is 0 Å². The van der Waals surface area contributed by atoms with Crippen LogP contribution >= 0.6 is 0 Å². The van der Waals surface area contributed by atoms with Crippen molar-refractivity contribution in [2.45, 2.75) is 46.8 Å². The summed E-state index contributed by atoms with van der Waals surface area (Å²) in [7, 11) is 0. The third-order valence-corrected chi connectivity index (χ3v) is 3.09. The van der Waals surface area contributed by atoms with Gasteiger partial charge in [0.15, 0.2) is 0 Å². The third-order valence-electron chi connectivity index (χ3n) is 3.09. The van der Waals surface area contributed by atoms with Gasteiger partial charge < -0.3 is 9.73 Å². The van der Waals surface area contributed by atoms with E-state index in [0.29, 0.717) is 6.04 Å². The fourth-order valence-electron chi connectivity index (χ4n) is 1.92. The minimum atomic E-state index is 0.491. The van der Waals surface area contributed by atoms with Gasteiger partial charge in [0.05, 0.1) is 6.54 Å². The summed E-state index contributed by atoms with van der Waals surface area (Å²) in [6.45, 7) is 15.9. The van der Waals surface area contributed by atoms with Crippen LogP contribution in [0, 0.1) is 6.92 Å². The first kappa shape index (κ1) is 15.0. The Morgan fingerprint density at radius 3 is 2.78 bits per heavy atom. The van der Waals surface area contributed by atoms with Gasteiger partial charge in [-0.05, 0) is 33.4 Å². The topological polar surface area (TPSA) is 28.4 Å². The number of aryl methyl sites for hydroxylation is 1. The van der Waals surface area contributed by atoms with Gasteiger partial charge in [-0.1, -0.05) is 13.0 Å². The summed E-state index contributed by atoms with van der Waals surface area (Å²) in [5.74, 6) is 2.06. The highest BCUT2D eigenvalue weighted by molar-refractivity contribution is 5.20. The van der Waals surface area contributed by atoms with Crippen LogP contribution in [-0.2, 0) is 13.1 Å². The van der Waals surface area contributed by atoms with E-state index < -0.39 is 0 Å². The van der Waals surface area contributed by atoms with Crippen LogP contribution in [0.5, 0.6) is 0 Å². The normalized spacial score (nSPS) is 11.4. The molecule has 1 rings (SSSR count). The van der Waals surface area contributed by atoms with Gasteiger partial charge in [0.1, 0.15) is 11.5 Å². The number of nitrogens with one attached hydrogen (secondary N) is 1. The average molecular weight is 250 g/mol. The molecule has 0 aliphatic rings. The molecule has 0 aromatic carbocycles. The maximum atomic E-state index is 5.82. The molecule has 1 heterocycles. The second kappa shape index (κ2) is 7.39. The van der Waals surface area contributed by atoms with Crippen LogP contribution in [0.1, 0.15) is 37.9 Å². The number of hydrogen-bond donors (Lipinski definition) is 1. The van der Waals surface area contributed by atoms with Crippen molar-refractivity contribution in [2.24, 2.45) is 0 Å². The zero-order valence-electron chi connectivity index (χ0n) is 12.1. The maximum absolute atomic E-state index is 5.82. The Hall–Kier alpha value is -1.06. The first-order chi connectivity index (χ1) is 8.58. The number of hydrogen-bond acceptors (Lipinski definition) is 3. The predicted octanol–water partition coefficient (Wildman–Crippen LogP) is 3.09. The molecule has 0 atom stereocenters. The second-order valence-electron chi connectivity index (χ2n) is 4.89. The molecule has 0 saturated carbocycles. The van der Waals surface area contributed by atoms with Crippen LogP contribution in [-0.4, -0.2) is 24.0 Å². The van der Waals surface area contributed by atoms with Crippen molar-refractivity contribution >= 4 is 0 Å². The SMILES string of the molecule is C=CCN(Cc1cc(CNCC)c(C)o1)C(C)C. The molecule has 0 aliphatic carbocycles. The summed E-state index contributed by atoms with van der Waals surface area (Å²) >= 11 is 0. The Morgan fingerprint density at radius 2 is 2.22 bits per heavy atom. The van der Waals surface area contributed by atoms with Crippen molar-refractivity contribution in [3.05, 3.63) is 35.8 Å². The predicted molar refractivity (Wildman–Crippen MR) is 76.6 cm³/mol. The minimum Gasteiger partial charge on any atom is -0.465 e. The third kappa shape index (κ3) is 4.31. The molecule has 0 unspecified atom stereocenters. The largest absolute Gasteiger partial charge is 0.465 e. The van der Waals surface area contributed by atoms with Crippen LogP contribution < -0.4 is 5.32 Å². The molecular weight excluding hydrogens is 224 g/mol. The van der Waals surface area contributed by atoms with Crippen LogP contribution in [0.15, 0.2) is 23.1 Å². The van der Waals surface area contributed by atoms with E-state index in [-0.39, 0.29) is 0 Å². The summed E-state index contributed by atoms with van der Waals surface area (Å²) in [4.78, 5) is 2.34. The Labute approximate surface area is 111 Å². The molecule has 0 spiro atoms. The highest BCUT2D eigenvalue weighted by Crippen LogP contribution is 2.17. The smallest absolute Gasteiger partial charge is 0.118 e. The minimum absolute atomic E-state index is 0.491. The van der Waals surface area contributed by atoms with Crippen molar-refractivity contribution < 1.29 is 4.42 Å². The van der Waals surface area contributed by atoms with Gasteiger partial charge in [-0.2, -0.15) is 0 Å². The van der Waals surface area contributed by atoms with Gasteiger partial charge in [0.25, 0.3) is 0 Å². The first-order valence-electron chi connectivity index (χ1n) is 6.72. The molecule has 1 aromatic rings. The lowest BCUT2D eigenvalue weighted by Gasteiger charge is -2.23. The van der Waals surface area contributed by atoms with Crippen molar-refractivity contribution in [1.82, 2.24) is 10.2 Å². The van der Waals surface area contributed by atoms with Crippen LogP contribution in [0.2, 0.25) is 0 Å². The van der Waals surface area contributed by atoms with Crippen molar-refractivity contribution in [2.75, 3.05) is 13.1 Å². The number of rotatable bonds is 8.